The third kappa shape index (κ3) is 6.29. The van der Waals surface area contributed by atoms with Gasteiger partial charge in [0.05, 0.1) is 27.9 Å². The molecule has 0 radical (unpaired) electrons. The van der Waals surface area contributed by atoms with E-state index >= 15 is 0 Å². The zero-order chi connectivity index (χ0) is 19.5. The van der Waals surface area contributed by atoms with E-state index in [1.165, 1.54) is 0 Å². The lowest BCUT2D eigenvalue weighted by Crippen LogP contribution is -2.38. The molecule has 146 valence electrons. The van der Waals surface area contributed by atoms with Gasteiger partial charge in [-0.25, -0.2) is 4.79 Å². The number of nitrogens with one attached hydrogen (secondary N) is 2. The van der Waals surface area contributed by atoms with Crippen LogP contribution >= 0.6 is 0 Å². The van der Waals surface area contributed by atoms with Crippen LogP contribution in [0, 0.1) is 0 Å². The highest BCUT2D eigenvalue weighted by Crippen LogP contribution is 2.36. The van der Waals surface area contributed by atoms with Crippen LogP contribution in [0.3, 0.4) is 0 Å². The lowest BCUT2D eigenvalue weighted by molar-refractivity contribution is 0.235. The van der Waals surface area contributed by atoms with Crippen molar-refractivity contribution in [1.82, 2.24) is 10.6 Å². The Morgan fingerprint density at radius 1 is 0.889 bits per heavy atom. The van der Waals surface area contributed by atoms with Crippen molar-refractivity contribution in [2.24, 2.45) is 0 Å². The van der Waals surface area contributed by atoms with Crippen molar-refractivity contribution in [1.29, 1.82) is 0 Å². The predicted molar refractivity (Wildman–Crippen MR) is 103 cm³/mol. The molecule has 0 unspecified atom stereocenters. The Bertz CT molecular complexity index is 736. The molecule has 0 saturated heterocycles. The van der Waals surface area contributed by atoms with Gasteiger partial charge in [-0.3, -0.25) is 0 Å². The summed E-state index contributed by atoms with van der Waals surface area (Å²) in [5.74, 6) is 2.50. The second kappa shape index (κ2) is 10.8. The monoisotopic (exact) mass is 374 g/mol. The largest absolute Gasteiger partial charge is 0.497 e. The summed E-state index contributed by atoms with van der Waals surface area (Å²) in [5.41, 5.74) is 1.10. The van der Waals surface area contributed by atoms with E-state index in [1.54, 1.807) is 33.5 Å². The number of carbonyl (C=O) groups is 1. The normalized spacial score (nSPS) is 10.0. The van der Waals surface area contributed by atoms with Gasteiger partial charge in [0.1, 0.15) is 12.4 Å². The Labute approximate surface area is 159 Å². The number of hydrogen-bond donors (Lipinski definition) is 2. The summed E-state index contributed by atoms with van der Waals surface area (Å²) in [6.07, 6.45) is 0.724. The van der Waals surface area contributed by atoms with Crippen molar-refractivity contribution >= 4 is 6.03 Å². The summed E-state index contributed by atoms with van der Waals surface area (Å²) in [6, 6.07) is 12.9. The second-order valence-corrected chi connectivity index (χ2v) is 5.62. The number of carbonyl (C=O) groups excluding carboxylic acids is 1. The Kier molecular flexibility index (Phi) is 8.09. The van der Waals surface area contributed by atoms with Crippen LogP contribution in [0.1, 0.15) is 5.56 Å². The van der Waals surface area contributed by atoms with Gasteiger partial charge in [0.2, 0.25) is 5.75 Å². The summed E-state index contributed by atoms with van der Waals surface area (Å²) in [4.78, 5) is 11.8. The molecule has 0 aromatic heterocycles. The number of para-hydroxylation sites is 1. The van der Waals surface area contributed by atoms with Crippen LogP contribution in [0.5, 0.6) is 23.0 Å². The van der Waals surface area contributed by atoms with Gasteiger partial charge in [-0.05, 0) is 36.2 Å². The first-order chi connectivity index (χ1) is 13.2. The topological polar surface area (TPSA) is 78.1 Å². The molecule has 7 nitrogen and oxygen atoms in total. The predicted octanol–water partition coefficient (Wildman–Crippen LogP) is 2.63. The fourth-order valence-electron chi connectivity index (χ4n) is 2.51. The van der Waals surface area contributed by atoms with Gasteiger partial charge in [0.15, 0.2) is 11.5 Å². The molecule has 2 N–H and O–H groups in total. The number of methoxy groups -OCH3 is 3. The highest BCUT2D eigenvalue weighted by atomic mass is 16.5. The van der Waals surface area contributed by atoms with Gasteiger partial charge in [-0.2, -0.15) is 0 Å². The van der Waals surface area contributed by atoms with Gasteiger partial charge in [0.25, 0.3) is 0 Å². The summed E-state index contributed by atoms with van der Waals surface area (Å²) >= 11 is 0. The molecular formula is C20H26N2O5. The maximum Gasteiger partial charge on any atom is 0.314 e. The molecule has 0 aliphatic heterocycles. The van der Waals surface area contributed by atoms with Gasteiger partial charge in [-0.1, -0.05) is 18.2 Å². The summed E-state index contributed by atoms with van der Waals surface area (Å²) in [5, 5.41) is 5.57. The number of hydrogen-bond acceptors (Lipinski definition) is 5. The quantitative estimate of drug-likeness (QED) is 0.625. The second-order valence-electron chi connectivity index (χ2n) is 5.62. The molecule has 0 fully saturated rings. The molecule has 27 heavy (non-hydrogen) atoms. The maximum atomic E-state index is 11.8. The van der Waals surface area contributed by atoms with E-state index in [9.17, 15) is 4.79 Å². The standard InChI is InChI=1S/C20H26N2O5/c1-24-16-7-4-6-15(14-16)10-11-21-20(23)22-12-13-27-18-9-5-8-17(25-2)19(18)26-3/h4-9,14H,10-13H2,1-3H3,(H2,21,22,23). The highest BCUT2D eigenvalue weighted by Gasteiger charge is 2.10. The van der Waals surface area contributed by atoms with E-state index in [0.717, 1.165) is 17.7 Å². The Morgan fingerprint density at radius 3 is 2.37 bits per heavy atom. The van der Waals surface area contributed by atoms with E-state index in [-0.39, 0.29) is 6.03 Å². The van der Waals surface area contributed by atoms with Crippen LogP contribution < -0.4 is 29.6 Å². The fourth-order valence-corrected chi connectivity index (χ4v) is 2.51. The van der Waals surface area contributed by atoms with Crippen LogP contribution in [0.2, 0.25) is 0 Å². The summed E-state index contributed by atoms with van der Waals surface area (Å²) < 4.78 is 21.4. The lowest BCUT2D eigenvalue weighted by atomic mass is 10.1. The molecule has 2 aromatic rings. The minimum Gasteiger partial charge on any atom is -0.497 e. The molecule has 2 rings (SSSR count). The van der Waals surface area contributed by atoms with Crippen molar-refractivity contribution in [3.63, 3.8) is 0 Å². The first kappa shape index (κ1) is 20.2. The van der Waals surface area contributed by atoms with Crippen molar-refractivity contribution in [2.45, 2.75) is 6.42 Å². The minimum atomic E-state index is -0.237. The minimum absolute atomic E-state index is 0.237. The molecule has 0 bridgehead atoms. The smallest absolute Gasteiger partial charge is 0.314 e. The fraction of sp³-hybridized carbons (Fsp3) is 0.350. The van der Waals surface area contributed by atoms with Gasteiger partial charge in [-0.15, -0.1) is 0 Å². The van der Waals surface area contributed by atoms with E-state index in [4.69, 9.17) is 18.9 Å². The molecule has 7 heteroatoms. The van der Waals surface area contributed by atoms with Crippen molar-refractivity contribution in [3.05, 3.63) is 48.0 Å². The van der Waals surface area contributed by atoms with Gasteiger partial charge < -0.3 is 29.6 Å². The third-order valence-electron chi connectivity index (χ3n) is 3.85. The average Bonchev–Trinajstić information content (AvgIpc) is 2.71. The molecule has 0 spiro atoms. The number of ether oxygens (including phenoxy) is 4. The summed E-state index contributed by atoms with van der Waals surface area (Å²) in [6.45, 7) is 1.21. The highest BCUT2D eigenvalue weighted by molar-refractivity contribution is 5.73. The first-order valence-electron chi connectivity index (χ1n) is 8.66. The summed E-state index contributed by atoms with van der Waals surface area (Å²) in [7, 11) is 4.76. The van der Waals surface area contributed by atoms with Crippen molar-refractivity contribution in [2.75, 3.05) is 41.0 Å². The first-order valence-corrected chi connectivity index (χ1v) is 8.66. The van der Waals surface area contributed by atoms with E-state index in [1.807, 2.05) is 30.3 Å². The van der Waals surface area contributed by atoms with Crippen molar-refractivity contribution in [3.8, 4) is 23.0 Å². The molecular weight excluding hydrogens is 348 g/mol. The van der Waals surface area contributed by atoms with Crippen LogP contribution in [-0.2, 0) is 6.42 Å². The molecule has 0 aliphatic carbocycles. The number of rotatable bonds is 10. The zero-order valence-corrected chi connectivity index (χ0v) is 15.9. The van der Waals surface area contributed by atoms with E-state index in [2.05, 4.69) is 10.6 Å². The van der Waals surface area contributed by atoms with E-state index in [0.29, 0.717) is 36.9 Å². The number of amides is 2. The molecule has 0 atom stereocenters. The number of urea groups is 1. The Balaban J connectivity index is 1.68. The molecule has 2 amide bonds. The van der Waals surface area contributed by atoms with Crippen LogP contribution in [0.15, 0.2) is 42.5 Å². The lowest BCUT2D eigenvalue weighted by Gasteiger charge is -2.14. The zero-order valence-electron chi connectivity index (χ0n) is 15.9. The Hall–Kier alpha value is -3.09. The number of benzene rings is 2. The average molecular weight is 374 g/mol. The Morgan fingerprint density at radius 2 is 1.63 bits per heavy atom. The van der Waals surface area contributed by atoms with Crippen LogP contribution in [-0.4, -0.2) is 47.1 Å². The molecule has 0 aliphatic rings. The maximum absolute atomic E-state index is 11.8. The van der Waals surface area contributed by atoms with Crippen LogP contribution in [0.4, 0.5) is 4.79 Å². The molecule has 2 aromatic carbocycles. The van der Waals surface area contributed by atoms with Gasteiger partial charge >= 0.3 is 6.03 Å². The third-order valence-corrected chi connectivity index (χ3v) is 3.85. The van der Waals surface area contributed by atoms with Crippen molar-refractivity contribution < 1.29 is 23.7 Å². The van der Waals surface area contributed by atoms with Gasteiger partial charge in [0, 0.05) is 6.54 Å². The van der Waals surface area contributed by atoms with Crippen LogP contribution in [0.25, 0.3) is 0 Å². The SMILES string of the molecule is COc1cccc(CCNC(=O)NCCOc2cccc(OC)c2OC)c1. The molecule has 0 saturated carbocycles. The van der Waals surface area contributed by atoms with E-state index < -0.39 is 0 Å². The molecule has 0 heterocycles.